The Bertz CT molecular complexity index is 1410. The Morgan fingerprint density at radius 1 is 1.20 bits per heavy atom. The largest absolute Gasteiger partial charge is 0.496 e. The standard InChI is InChI=1S/C28H33ClN6O5/c1-6-23(36)31-19-13-39-14-20(19)33-28-30-11-17-9-18(24-16(3)21(37-4)10-22(38-5)25(24)29)32-27(26(17)34-28)35-7-8-40-15(2)12-35/h6,9-11,15,19-20H,1,7-8,12-14H2,2-5H3,(H,31,36)(H,30,33,34)/t15?,19-,20+/m0/s1. The molecule has 3 atom stereocenters. The van der Waals surface area contributed by atoms with Crippen LogP contribution in [0.4, 0.5) is 11.8 Å². The lowest BCUT2D eigenvalue weighted by Crippen LogP contribution is -2.45. The van der Waals surface area contributed by atoms with Gasteiger partial charge in [-0.25, -0.2) is 15.0 Å². The average molecular weight is 569 g/mol. The Kier molecular flexibility index (Phi) is 8.24. The third-order valence-corrected chi connectivity index (χ3v) is 7.51. The molecule has 12 heteroatoms. The van der Waals surface area contributed by atoms with E-state index in [1.807, 2.05) is 19.9 Å². The van der Waals surface area contributed by atoms with Crippen LogP contribution in [-0.4, -0.2) is 86.2 Å². The summed E-state index contributed by atoms with van der Waals surface area (Å²) in [4.78, 5) is 28.6. The monoisotopic (exact) mass is 568 g/mol. The minimum Gasteiger partial charge on any atom is -0.496 e. The Labute approximate surface area is 237 Å². The highest BCUT2D eigenvalue weighted by Gasteiger charge is 2.30. The van der Waals surface area contributed by atoms with Crippen molar-refractivity contribution < 1.29 is 23.7 Å². The van der Waals surface area contributed by atoms with Gasteiger partial charge in [-0.15, -0.1) is 0 Å². The number of amides is 1. The number of nitrogens with zero attached hydrogens (tertiary/aromatic N) is 4. The highest BCUT2D eigenvalue weighted by molar-refractivity contribution is 6.35. The molecule has 11 nitrogen and oxygen atoms in total. The van der Waals surface area contributed by atoms with Crippen molar-refractivity contribution in [2.24, 2.45) is 0 Å². The number of hydrogen-bond donors (Lipinski definition) is 2. The first-order chi connectivity index (χ1) is 19.3. The first-order valence-electron chi connectivity index (χ1n) is 13.1. The molecule has 1 unspecified atom stereocenters. The van der Waals surface area contributed by atoms with Gasteiger partial charge in [0.15, 0.2) is 5.82 Å². The van der Waals surface area contributed by atoms with E-state index in [1.54, 1.807) is 26.5 Å². The van der Waals surface area contributed by atoms with E-state index in [0.717, 1.165) is 10.9 Å². The number of morpholine rings is 1. The molecule has 0 spiro atoms. The fourth-order valence-corrected chi connectivity index (χ4v) is 5.43. The van der Waals surface area contributed by atoms with Gasteiger partial charge in [0.25, 0.3) is 0 Å². The van der Waals surface area contributed by atoms with Crippen molar-refractivity contribution in [1.29, 1.82) is 0 Å². The van der Waals surface area contributed by atoms with Crippen LogP contribution in [0.1, 0.15) is 12.5 Å². The normalized spacial score (nSPS) is 20.8. The topological polar surface area (TPSA) is 120 Å². The molecular weight excluding hydrogens is 536 g/mol. The third kappa shape index (κ3) is 5.49. The van der Waals surface area contributed by atoms with Crippen molar-refractivity contribution >= 4 is 40.2 Å². The number of nitrogens with one attached hydrogen (secondary N) is 2. The number of halogens is 1. The van der Waals surface area contributed by atoms with Gasteiger partial charge >= 0.3 is 0 Å². The van der Waals surface area contributed by atoms with Gasteiger partial charge in [0.2, 0.25) is 11.9 Å². The van der Waals surface area contributed by atoms with Crippen LogP contribution in [0.5, 0.6) is 11.5 Å². The maximum absolute atomic E-state index is 11.9. The number of benzene rings is 1. The number of carbonyl (C=O) groups excluding carboxylic acids is 1. The molecule has 3 aromatic rings. The molecule has 2 aliphatic heterocycles. The van der Waals surface area contributed by atoms with Crippen LogP contribution in [0, 0.1) is 6.92 Å². The van der Waals surface area contributed by atoms with Crippen LogP contribution in [0.15, 0.2) is 31.0 Å². The minimum atomic E-state index is -0.259. The Balaban J connectivity index is 1.60. The molecule has 0 aliphatic carbocycles. The van der Waals surface area contributed by atoms with Crippen LogP contribution in [0.3, 0.4) is 0 Å². The van der Waals surface area contributed by atoms with Gasteiger partial charge in [-0.3, -0.25) is 4.79 Å². The highest BCUT2D eigenvalue weighted by atomic mass is 35.5. The first-order valence-corrected chi connectivity index (χ1v) is 13.4. The van der Waals surface area contributed by atoms with Gasteiger partial charge < -0.3 is 34.5 Å². The van der Waals surface area contributed by atoms with E-state index in [4.69, 9.17) is 40.5 Å². The molecule has 2 aliphatic rings. The summed E-state index contributed by atoms with van der Waals surface area (Å²) in [7, 11) is 3.18. The van der Waals surface area contributed by atoms with E-state index < -0.39 is 0 Å². The zero-order chi connectivity index (χ0) is 28.4. The molecule has 40 heavy (non-hydrogen) atoms. The number of pyridine rings is 1. The fourth-order valence-electron chi connectivity index (χ4n) is 5.06. The van der Waals surface area contributed by atoms with E-state index in [1.165, 1.54) is 6.08 Å². The molecule has 2 aromatic heterocycles. The van der Waals surface area contributed by atoms with Gasteiger partial charge in [-0.05, 0) is 26.0 Å². The van der Waals surface area contributed by atoms with Gasteiger partial charge in [0.1, 0.15) is 17.0 Å². The molecule has 2 fully saturated rings. The lowest BCUT2D eigenvalue weighted by Gasteiger charge is -2.32. The number of hydrogen-bond acceptors (Lipinski definition) is 10. The van der Waals surface area contributed by atoms with Crippen LogP contribution >= 0.6 is 11.6 Å². The van der Waals surface area contributed by atoms with Crippen LogP contribution in [-0.2, 0) is 14.3 Å². The smallest absolute Gasteiger partial charge is 0.243 e. The van der Waals surface area contributed by atoms with Crippen molar-refractivity contribution in [2.45, 2.75) is 32.0 Å². The molecule has 0 radical (unpaired) electrons. The number of carbonyl (C=O) groups is 1. The lowest BCUT2D eigenvalue weighted by molar-refractivity contribution is -0.117. The van der Waals surface area contributed by atoms with E-state index in [-0.39, 0.29) is 24.1 Å². The van der Waals surface area contributed by atoms with Crippen LogP contribution in [0.25, 0.3) is 22.2 Å². The molecule has 0 saturated carbocycles. The summed E-state index contributed by atoms with van der Waals surface area (Å²) >= 11 is 6.83. The van der Waals surface area contributed by atoms with Crippen LogP contribution in [0.2, 0.25) is 5.02 Å². The van der Waals surface area contributed by atoms with Crippen LogP contribution < -0.4 is 25.0 Å². The number of anilines is 2. The molecule has 4 heterocycles. The van der Waals surface area contributed by atoms with Gasteiger partial charge in [0.05, 0.1) is 62.9 Å². The van der Waals surface area contributed by atoms with Crippen molar-refractivity contribution in [1.82, 2.24) is 20.3 Å². The first kappa shape index (κ1) is 27.9. The van der Waals surface area contributed by atoms with Gasteiger partial charge in [0, 0.05) is 41.9 Å². The Morgan fingerprint density at radius 3 is 2.70 bits per heavy atom. The summed E-state index contributed by atoms with van der Waals surface area (Å²) in [6, 6.07) is 3.25. The summed E-state index contributed by atoms with van der Waals surface area (Å²) in [5.41, 5.74) is 2.90. The van der Waals surface area contributed by atoms with E-state index in [9.17, 15) is 4.79 Å². The average Bonchev–Trinajstić information content (AvgIpc) is 3.38. The SMILES string of the molecule is C=CC(=O)N[C@H]1COC[C@H]1Nc1ncc2cc(-c3c(C)c(OC)cc(OC)c3Cl)nc(N3CCOC(C)C3)c2n1. The zero-order valence-corrected chi connectivity index (χ0v) is 23.7. The fraction of sp³-hybridized carbons (Fsp3) is 0.429. The maximum Gasteiger partial charge on any atom is 0.243 e. The number of rotatable bonds is 8. The van der Waals surface area contributed by atoms with Crippen molar-refractivity contribution in [2.75, 3.05) is 57.3 Å². The predicted molar refractivity (Wildman–Crippen MR) is 154 cm³/mol. The molecule has 5 rings (SSSR count). The summed E-state index contributed by atoms with van der Waals surface area (Å²) in [5, 5.41) is 7.46. The Hall–Kier alpha value is -3.67. The van der Waals surface area contributed by atoms with Gasteiger partial charge in [-0.2, -0.15) is 0 Å². The van der Waals surface area contributed by atoms with Gasteiger partial charge in [-0.1, -0.05) is 18.2 Å². The highest BCUT2D eigenvalue weighted by Crippen LogP contribution is 2.43. The molecule has 2 saturated heterocycles. The number of fused-ring (bicyclic) bond motifs is 1. The number of aromatic nitrogens is 3. The van der Waals surface area contributed by atoms with E-state index in [0.29, 0.717) is 78.0 Å². The third-order valence-electron chi connectivity index (χ3n) is 7.13. The maximum atomic E-state index is 11.9. The van der Waals surface area contributed by atoms with Crippen molar-refractivity contribution in [3.63, 3.8) is 0 Å². The van der Waals surface area contributed by atoms with Crippen molar-refractivity contribution in [3.05, 3.63) is 41.6 Å². The molecule has 2 N–H and O–H groups in total. The quantitative estimate of drug-likeness (QED) is 0.391. The molecule has 212 valence electrons. The zero-order valence-electron chi connectivity index (χ0n) is 23.0. The Morgan fingerprint density at radius 2 is 1.98 bits per heavy atom. The molecule has 1 aromatic carbocycles. The second-order valence-corrected chi connectivity index (χ2v) is 10.2. The van der Waals surface area contributed by atoms with E-state index >= 15 is 0 Å². The number of ether oxygens (including phenoxy) is 4. The van der Waals surface area contributed by atoms with Crippen molar-refractivity contribution in [3.8, 4) is 22.8 Å². The molecular formula is C28H33ClN6O5. The summed E-state index contributed by atoms with van der Waals surface area (Å²) in [6.45, 7) is 10.2. The summed E-state index contributed by atoms with van der Waals surface area (Å²) < 4.78 is 22.5. The summed E-state index contributed by atoms with van der Waals surface area (Å²) in [5.74, 6) is 1.99. The summed E-state index contributed by atoms with van der Waals surface area (Å²) in [6.07, 6.45) is 3.03. The lowest BCUT2D eigenvalue weighted by atomic mass is 10.0. The molecule has 0 bridgehead atoms. The predicted octanol–water partition coefficient (Wildman–Crippen LogP) is 3.38. The molecule has 1 amide bonds. The minimum absolute atomic E-state index is 0.0285. The second-order valence-electron chi connectivity index (χ2n) is 9.79. The number of methoxy groups -OCH3 is 2. The second kappa shape index (κ2) is 11.8. The van der Waals surface area contributed by atoms with E-state index in [2.05, 4.69) is 27.1 Å².